The van der Waals surface area contributed by atoms with E-state index in [4.69, 9.17) is 4.74 Å². The molecule has 3 fully saturated rings. The van der Waals surface area contributed by atoms with Crippen LogP contribution in [0.25, 0.3) is 0 Å². The van der Waals surface area contributed by atoms with Crippen molar-refractivity contribution in [3.8, 4) is 0 Å². The van der Waals surface area contributed by atoms with E-state index in [1.54, 1.807) is 0 Å². The Morgan fingerprint density at radius 1 is 1.19 bits per heavy atom. The highest BCUT2D eigenvalue weighted by molar-refractivity contribution is 5.06. The molecule has 0 amide bonds. The first-order valence-corrected chi connectivity index (χ1v) is 9.16. The first-order valence-electron chi connectivity index (χ1n) is 9.16. The Kier molecular flexibility index (Phi) is 4.92. The monoisotopic (exact) mass is 294 g/mol. The second-order valence-corrected chi connectivity index (χ2v) is 8.20. The van der Waals surface area contributed by atoms with E-state index in [0.717, 1.165) is 43.6 Å². The molecule has 2 unspecified atom stereocenters. The van der Waals surface area contributed by atoms with E-state index in [1.807, 2.05) is 0 Å². The molecule has 0 aromatic rings. The zero-order valence-electron chi connectivity index (χ0n) is 14.2. The van der Waals surface area contributed by atoms with Crippen LogP contribution in [-0.4, -0.2) is 49.3 Å². The predicted octanol–water partition coefficient (Wildman–Crippen LogP) is 2.90. The van der Waals surface area contributed by atoms with Gasteiger partial charge in [-0.25, -0.2) is 0 Å². The minimum Gasteiger partial charge on any atom is -0.380 e. The molecule has 3 aliphatic rings. The smallest absolute Gasteiger partial charge is 0.0593 e. The van der Waals surface area contributed by atoms with E-state index in [2.05, 4.69) is 31.0 Å². The zero-order chi connectivity index (χ0) is 14.9. The van der Waals surface area contributed by atoms with Gasteiger partial charge in [-0.1, -0.05) is 13.8 Å². The van der Waals surface area contributed by atoms with Crippen molar-refractivity contribution in [3.05, 3.63) is 0 Å². The molecule has 0 aromatic carbocycles. The van der Waals surface area contributed by atoms with Crippen LogP contribution >= 0.6 is 0 Å². The number of rotatable bonds is 8. The topological polar surface area (TPSA) is 24.5 Å². The first kappa shape index (κ1) is 15.8. The molecule has 2 atom stereocenters. The van der Waals surface area contributed by atoms with Crippen molar-refractivity contribution in [2.45, 2.75) is 64.5 Å². The highest BCUT2D eigenvalue weighted by Crippen LogP contribution is 2.45. The van der Waals surface area contributed by atoms with Crippen LogP contribution in [0, 0.1) is 17.8 Å². The minimum absolute atomic E-state index is 0.382. The fourth-order valence-electron chi connectivity index (χ4n) is 3.82. The average Bonchev–Trinajstić information content (AvgIpc) is 3.29. The van der Waals surface area contributed by atoms with Gasteiger partial charge in [-0.05, 0) is 56.8 Å². The molecule has 21 heavy (non-hydrogen) atoms. The van der Waals surface area contributed by atoms with Crippen LogP contribution in [0.3, 0.4) is 0 Å². The van der Waals surface area contributed by atoms with Crippen molar-refractivity contribution >= 4 is 0 Å². The van der Waals surface area contributed by atoms with E-state index in [-0.39, 0.29) is 0 Å². The lowest BCUT2D eigenvalue weighted by Gasteiger charge is -2.49. The molecule has 3 rings (SSSR count). The maximum atomic E-state index is 5.89. The zero-order valence-corrected chi connectivity index (χ0v) is 14.2. The van der Waals surface area contributed by atoms with Gasteiger partial charge >= 0.3 is 0 Å². The van der Waals surface area contributed by atoms with Gasteiger partial charge in [-0.3, -0.25) is 4.90 Å². The molecule has 3 heteroatoms. The van der Waals surface area contributed by atoms with Crippen LogP contribution in [0.5, 0.6) is 0 Å². The summed E-state index contributed by atoms with van der Waals surface area (Å²) in [5.41, 5.74) is 0.382. The van der Waals surface area contributed by atoms with Crippen molar-refractivity contribution < 1.29 is 4.74 Å². The lowest BCUT2D eigenvalue weighted by atomic mass is 9.88. The Morgan fingerprint density at radius 3 is 2.57 bits per heavy atom. The fraction of sp³-hybridized carbons (Fsp3) is 1.00. The summed E-state index contributed by atoms with van der Waals surface area (Å²) in [6.45, 7) is 12.4. The number of hydrogen-bond acceptors (Lipinski definition) is 3. The van der Waals surface area contributed by atoms with Gasteiger partial charge < -0.3 is 10.1 Å². The molecule has 0 bridgehead atoms. The second-order valence-electron chi connectivity index (χ2n) is 8.20. The van der Waals surface area contributed by atoms with Gasteiger partial charge in [0.05, 0.1) is 6.61 Å². The van der Waals surface area contributed by atoms with Crippen molar-refractivity contribution in [1.29, 1.82) is 0 Å². The summed E-state index contributed by atoms with van der Waals surface area (Å²) in [5, 5.41) is 3.86. The largest absolute Gasteiger partial charge is 0.380 e. The summed E-state index contributed by atoms with van der Waals surface area (Å²) in [6.07, 6.45) is 6.92. The molecule has 0 aromatic heterocycles. The van der Waals surface area contributed by atoms with Crippen LogP contribution in [-0.2, 0) is 4.74 Å². The third-order valence-electron chi connectivity index (χ3n) is 5.85. The van der Waals surface area contributed by atoms with Gasteiger partial charge in [0.2, 0.25) is 0 Å². The Labute approximate surface area is 130 Å². The molecule has 0 radical (unpaired) electrons. The molecule has 3 nitrogen and oxygen atoms in total. The Morgan fingerprint density at radius 2 is 1.95 bits per heavy atom. The standard InChI is InChI=1S/C18H34N2O/c1-14(2)8-10-21-11-9-20-12-17(15-4-5-15)19-13-18(20,3)16-6-7-16/h14-17,19H,4-13H2,1-3H3. The summed E-state index contributed by atoms with van der Waals surface area (Å²) < 4.78 is 5.89. The summed E-state index contributed by atoms with van der Waals surface area (Å²) >= 11 is 0. The normalized spacial score (nSPS) is 34.6. The number of nitrogens with zero attached hydrogens (tertiary/aromatic N) is 1. The van der Waals surface area contributed by atoms with Crippen LogP contribution in [0.4, 0.5) is 0 Å². The van der Waals surface area contributed by atoms with Crippen LogP contribution in [0.15, 0.2) is 0 Å². The van der Waals surface area contributed by atoms with Crippen LogP contribution in [0.2, 0.25) is 0 Å². The molecule has 1 saturated heterocycles. The molecular formula is C18H34N2O. The Bertz CT molecular complexity index is 338. The van der Waals surface area contributed by atoms with Gasteiger partial charge in [0.15, 0.2) is 0 Å². The fourth-order valence-corrected chi connectivity index (χ4v) is 3.82. The van der Waals surface area contributed by atoms with Crippen LogP contribution < -0.4 is 5.32 Å². The predicted molar refractivity (Wildman–Crippen MR) is 87.5 cm³/mol. The molecular weight excluding hydrogens is 260 g/mol. The third kappa shape index (κ3) is 4.00. The Hall–Kier alpha value is -0.120. The third-order valence-corrected chi connectivity index (χ3v) is 5.85. The lowest BCUT2D eigenvalue weighted by molar-refractivity contribution is 0.00264. The van der Waals surface area contributed by atoms with Crippen molar-refractivity contribution in [2.75, 3.05) is 32.8 Å². The van der Waals surface area contributed by atoms with E-state index in [9.17, 15) is 0 Å². The molecule has 1 N–H and O–H groups in total. The molecule has 2 saturated carbocycles. The average molecular weight is 294 g/mol. The number of hydrogen-bond donors (Lipinski definition) is 1. The van der Waals surface area contributed by atoms with Gasteiger partial charge in [-0.15, -0.1) is 0 Å². The minimum atomic E-state index is 0.382. The first-order chi connectivity index (χ1) is 10.1. The highest BCUT2D eigenvalue weighted by atomic mass is 16.5. The van der Waals surface area contributed by atoms with Crippen molar-refractivity contribution in [3.63, 3.8) is 0 Å². The van der Waals surface area contributed by atoms with Gasteiger partial charge in [0.1, 0.15) is 0 Å². The number of nitrogens with one attached hydrogen (secondary N) is 1. The summed E-state index contributed by atoms with van der Waals surface area (Å²) in [6, 6.07) is 0.743. The molecule has 2 aliphatic carbocycles. The number of ether oxygens (including phenoxy) is 1. The van der Waals surface area contributed by atoms with Gasteiger partial charge in [-0.2, -0.15) is 0 Å². The van der Waals surface area contributed by atoms with E-state index in [1.165, 1.54) is 45.2 Å². The van der Waals surface area contributed by atoms with E-state index in [0.29, 0.717) is 5.54 Å². The van der Waals surface area contributed by atoms with E-state index < -0.39 is 0 Å². The lowest BCUT2D eigenvalue weighted by Crippen LogP contribution is -2.65. The molecule has 1 aliphatic heterocycles. The van der Waals surface area contributed by atoms with Gasteiger partial charge in [0.25, 0.3) is 0 Å². The quantitative estimate of drug-likeness (QED) is 0.697. The summed E-state index contributed by atoms with van der Waals surface area (Å²) in [4.78, 5) is 2.76. The van der Waals surface area contributed by atoms with Crippen LogP contribution in [0.1, 0.15) is 52.9 Å². The SMILES string of the molecule is CC(C)CCOCCN1CC(C2CC2)NCC1(C)C1CC1. The van der Waals surface area contributed by atoms with E-state index >= 15 is 0 Å². The molecule has 1 heterocycles. The Balaban J connectivity index is 1.48. The van der Waals surface area contributed by atoms with Crippen molar-refractivity contribution in [2.24, 2.45) is 17.8 Å². The maximum absolute atomic E-state index is 5.89. The van der Waals surface area contributed by atoms with Crippen molar-refractivity contribution in [1.82, 2.24) is 10.2 Å². The highest BCUT2D eigenvalue weighted by Gasteiger charge is 2.49. The molecule has 122 valence electrons. The summed E-state index contributed by atoms with van der Waals surface area (Å²) in [5.74, 6) is 2.62. The molecule has 0 spiro atoms. The number of piperazine rings is 1. The van der Waals surface area contributed by atoms with Gasteiger partial charge in [0, 0.05) is 37.8 Å². The second kappa shape index (κ2) is 6.55. The maximum Gasteiger partial charge on any atom is 0.0593 e. The summed E-state index contributed by atoms with van der Waals surface area (Å²) in [7, 11) is 0.